The van der Waals surface area contributed by atoms with Crippen LogP contribution in [0.4, 0.5) is 11.6 Å². The van der Waals surface area contributed by atoms with Crippen molar-refractivity contribution in [2.75, 3.05) is 43.5 Å². The molecule has 1 aliphatic heterocycles. The smallest absolute Gasteiger partial charge is 0.163 e. The molecule has 3 aromatic heterocycles. The molecular formula is C24H25N5O2S. The van der Waals surface area contributed by atoms with Crippen LogP contribution in [0.15, 0.2) is 48.7 Å². The fraction of sp³-hybridized carbons (Fsp3) is 0.292. The van der Waals surface area contributed by atoms with Crippen LogP contribution >= 0.6 is 11.3 Å². The van der Waals surface area contributed by atoms with Crippen LogP contribution in [0.2, 0.25) is 0 Å². The number of morpholine rings is 1. The maximum atomic E-state index is 9.16. The molecule has 4 heterocycles. The number of nitrogens with two attached hydrogens (primary N) is 1. The van der Waals surface area contributed by atoms with Crippen LogP contribution < -0.4 is 10.6 Å². The molecular weight excluding hydrogens is 422 g/mol. The number of nitrogen functional groups attached to an aromatic ring is 1. The van der Waals surface area contributed by atoms with Crippen LogP contribution in [0.25, 0.3) is 32.0 Å². The van der Waals surface area contributed by atoms with Crippen LogP contribution in [0.1, 0.15) is 12.0 Å². The highest BCUT2D eigenvalue weighted by Gasteiger charge is 2.20. The monoisotopic (exact) mass is 447 g/mol. The summed E-state index contributed by atoms with van der Waals surface area (Å²) in [4.78, 5) is 17.5. The number of benzene rings is 1. The molecule has 0 radical (unpaired) electrons. The summed E-state index contributed by atoms with van der Waals surface area (Å²) in [5.74, 6) is 2.06. The maximum Gasteiger partial charge on any atom is 0.163 e. The van der Waals surface area contributed by atoms with Crippen molar-refractivity contribution in [1.82, 2.24) is 15.0 Å². The van der Waals surface area contributed by atoms with E-state index in [0.29, 0.717) is 24.9 Å². The maximum absolute atomic E-state index is 9.16. The van der Waals surface area contributed by atoms with Gasteiger partial charge in [0, 0.05) is 36.3 Å². The minimum atomic E-state index is 0.203. The van der Waals surface area contributed by atoms with Crippen LogP contribution in [0.3, 0.4) is 0 Å². The van der Waals surface area contributed by atoms with Crippen molar-refractivity contribution in [1.29, 1.82) is 0 Å². The van der Waals surface area contributed by atoms with Crippen molar-refractivity contribution in [3.63, 3.8) is 0 Å². The van der Waals surface area contributed by atoms with Crippen molar-refractivity contribution in [3.05, 3.63) is 54.2 Å². The average Bonchev–Trinajstić information content (AvgIpc) is 3.28. The van der Waals surface area contributed by atoms with Crippen LogP contribution in [-0.2, 0) is 11.2 Å². The zero-order chi connectivity index (χ0) is 21.9. The summed E-state index contributed by atoms with van der Waals surface area (Å²) < 4.78 is 6.64. The van der Waals surface area contributed by atoms with Crippen LogP contribution in [0, 0.1) is 0 Å². The third-order valence-corrected chi connectivity index (χ3v) is 6.71. The minimum Gasteiger partial charge on any atom is -0.396 e. The second-order valence-corrected chi connectivity index (χ2v) is 8.85. The van der Waals surface area contributed by atoms with Gasteiger partial charge in [-0.05, 0) is 42.2 Å². The zero-order valence-electron chi connectivity index (χ0n) is 17.7. The Kier molecular flexibility index (Phi) is 5.98. The predicted molar refractivity (Wildman–Crippen MR) is 129 cm³/mol. The Balaban J connectivity index is 1.61. The zero-order valence-corrected chi connectivity index (χ0v) is 18.5. The lowest BCUT2D eigenvalue weighted by Crippen LogP contribution is -2.36. The van der Waals surface area contributed by atoms with Crippen LogP contribution in [0.5, 0.6) is 0 Å². The summed E-state index contributed by atoms with van der Waals surface area (Å²) in [6, 6.07) is 14.3. The number of anilines is 2. The number of aryl methyl sites for hydroxylation is 1. The first-order valence-electron chi connectivity index (χ1n) is 10.8. The lowest BCUT2D eigenvalue weighted by molar-refractivity contribution is 0.122. The Morgan fingerprint density at radius 1 is 1.06 bits per heavy atom. The number of rotatable bonds is 6. The number of nitrogens with zero attached hydrogens (tertiary/aromatic N) is 4. The number of fused-ring (bicyclic) bond motifs is 1. The number of hydrogen-bond acceptors (Lipinski definition) is 8. The quantitative estimate of drug-likeness (QED) is 0.464. The van der Waals surface area contributed by atoms with Gasteiger partial charge in [0.1, 0.15) is 5.82 Å². The molecule has 0 bridgehead atoms. The summed E-state index contributed by atoms with van der Waals surface area (Å²) in [6.07, 6.45) is 3.35. The molecule has 1 fully saturated rings. The molecule has 4 aromatic rings. The molecule has 0 unspecified atom stereocenters. The van der Waals surface area contributed by atoms with E-state index in [9.17, 15) is 0 Å². The molecule has 0 amide bonds. The SMILES string of the molecule is Nc1ccc(-c2nc(N3CCOCC3)c3sc(-c4cccc(CCCO)c4)cc3n2)cn1. The van der Waals surface area contributed by atoms with E-state index in [1.807, 2.05) is 6.07 Å². The molecule has 5 rings (SSSR count). The van der Waals surface area contributed by atoms with E-state index in [2.05, 4.69) is 40.2 Å². The van der Waals surface area contributed by atoms with E-state index < -0.39 is 0 Å². The van der Waals surface area contributed by atoms with Crippen LogP contribution in [-0.4, -0.2) is 53.0 Å². The number of aliphatic hydroxyl groups is 1. The molecule has 164 valence electrons. The van der Waals surface area contributed by atoms with Crippen molar-refractivity contribution in [2.24, 2.45) is 0 Å². The minimum absolute atomic E-state index is 0.203. The number of aliphatic hydroxyl groups excluding tert-OH is 1. The van der Waals surface area contributed by atoms with E-state index in [-0.39, 0.29) is 6.61 Å². The summed E-state index contributed by atoms with van der Waals surface area (Å²) in [7, 11) is 0. The van der Waals surface area contributed by atoms with E-state index in [1.54, 1.807) is 23.6 Å². The molecule has 8 heteroatoms. The molecule has 0 saturated carbocycles. The third-order valence-electron chi connectivity index (χ3n) is 5.54. The first kappa shape index (κ1) is 20.8. The topological polar surface area (TPSA) is 97.4 Å². The van der Waals surface area contributed by atoms with E-state index in [0.717, 1.165) is 58.0 Å². The lowest BCUT2D eigenvalue weighted by Gasteiger charge is -2.28. The fourth-order valence-electron chi connectivity index (χ4n) is 3.88. The number of thiophene rings is 1. The number of hydrogen-bond donors (Lipinski definition) is 2. The van der Waals surface area contributed by atoms with Gasteiger partial charge < -0.3 is 20.5 Å². The molecule has 1 saturated heterocycles. The van der Waals surface area contributed by atoms with Gasteiger partial charge in [0.2, 0.25) is 0 Å². The number of aromatic nitrogens is 3. The summed E-state index contributed by atoms with van der Waals surface area (Å²) in [5, 5.41) is 9.16. The highest BCUT2D eigenvalue weighted by molar-refractivity contribution is 7.22. The van der Waals surface area contributed by atoms with Gasteiger partial charge in [-0.1, -0.05) is 24.3 Å². The van der Waals surface area contributed by atoms with Gasteiger partial charge >= 0.3 is 0 Å². The number of ether oxygens (including phenoxy) is 1. The standard InChI is InChI=1S/C24H25N5O2S/c25-21-7-6-18(15-26-21)23-27-19-14-20(17-5-1-3-16(13-17)4-2-10-30)32-22(19)24(28-23)29-8-11-31-12-9-29/h1,3,5-7,13-15,30H,2,4,8-12H2,(H2,25,26). The summed E-state index contributed by atoms with van der Waals surface area (Å²) >= 11 is 1.72. The molecule has 7 nitrogen and oxygen atoms in total. The molecule has 32 heavy (non-hydrogen) atoms. The van der Waals surface area contributed by atoms with E-state index >= 15 is 0 Å². The van der Waals surface area contributed by atoms with Gasteiger partial charge in [-0.15, -0.1) is 11.3 Å². The van der Waals surface area contributed by atoms with Crippen molar-refractivity contribution in [3.8, 4) is 21.8 Å². The first-order valence-corrected chi connectivity index (χ1v) is 11.6. The van der Waals surface area contributed by atoms with E-state index in [1.165, 1.54) is 5.56 Å². The third kappa shape index (κ3) is 4.29. The van der Waals surface area contributed by atoms with Crippen molar-refractivity contribution >= 4 is 33.2 Å². The predicted octanol–water partition coefficient (Wildman–Crippen LogP) is 3.76. The number of pyridine rings is 1. The second-order valence-electron chi connectivity index (χ2n) is 7.79. The van der Waals surface area contributed by atoms with E-state index in [4.69, 9.17) is 25.5 Å². The van der Waals surface area contributed by atoms with Gasteiger partial charge in [-0.25, -0.2) is 15.0 Å². The Bertz CT molecular complexity index is 1220. The van der Waals surface area contributed by atoms with Gasteiger partial charge in [-0.3, -0.25) is 0 Å². The fourth-order valence-corrected chi connectivity index (χ4v) is 4.99. The van der Waals surface area contributed by atoms with Crippen molar-refractivity contribution in [2.45, 2.75) is 12.8 Å². The Morgan fingerprint density at radius 2 is 1.94 bits per heavy atom. The molecule has 3 N–H and O–H groups in total. The Labute approximate surface area is 190 Å². The highest BCUT2D eigenvalue weighted by Crippen LogP contribution is 2.39. The summed E-state index contributed by atoms with van der Waals surface area (Å²) in [5.41, 5.74) is 9.92. The molecule has 0 atom stereocenters. The van der Waals surface area contributed by atoms with Gasteiger partial charge in [0.15, 0.2) is 11.6 Å². The molecule has 1 aromatic carbocycles. The molecule has 1 aliphatic rings. The lowest BCUT2D eigenvalue weighted by atomic mass is 10.1. The molecule has 0 aliphatic carbocycles. The second kappa shape index (κ2) is 9.20. The largest absolute Gasteiger partial charge is 0.396 e. The normalized spacial score (nSPS) is 14.2. The summed E-state index contributed by atoms with van der Waals surface area (Å²) in [6.45, 7) is 3.18. The van der Waals surface area contributed by atoms with Gasteiger partial charge in [0.05, 0.1) is 23.4 Å². The first-order chi connectivity index (χ1) is 15.7. The Morgan fingerprint density at radius 3 is 2.72 bits per heavy atom. The highest BCUT2D eigenvalue weighted by atomic mass is 32.1. The van der Waals surface area contributed by atoms with Crippen molar-refractivity contribution < 1.29 is 9.84 Å². The molecule has 0 spiro atoms. The van der Waals surface area contributed by atoms with Gasteiger partial charge in [-0.2, -0.15) is 0 Å². The average molecular weight is 448 g/mol. The van der Waals surface area contributed by atoms with Gasteiger partial charge in [0.25, 0.3) is 0 Å². The Hall–Kier alpha value is -3.07.